The van der Waals surface area contributed by atoms with Crippen LogP contribution < -0.4 is 5.32 Å². The van der Waals surface area contributed by atoms with Gasteiger partial charge in [0.25, 0.3) is 0 Å². The topological polar surface area (TPSA) is 65.8 Å². The van der Waals surface area contributed by atoms with Gasteiger partial charge in [-0.3, -0.25) is 9.78 Å². The van der Waals surface area contributed by atoms with Gasteiger partial charge in [-0.15, -0.1) is 6.42 Å². The van der Waals surface area contributed by atoms with Crippen LogP contribution in [0.4, 0.5) is 5.69 Å². The maximum atomic E-state index is 11.0. The van der Waals surface area contributed by atoms with Crippen LogP contribution in [0.2, 0.25) is 0 Å². The Kier molecular flexibility index (Phi) is 3.23. The van der Waals surface area contributed by atoms with Gasteiger partial charge in [0.15, 0.2) is 0 Å². The third-order valence-corrected chi connectivity index (χ3v) is 1.43. The molecular formula is C10H7N3O. The van der Waals surface area contributed by atoms with Crippen molar-refractivity contribution in [2.45, 2.75) is 6.42 Å². The number of nitrogens with one attached hydrogen (secondary N) is 1. The molecule has 0 saturated carbocycles. The van der Waals surface area contributed by atoms with E-state index in [4.69, 9.17) is 11.7 Å². The normalized spacial score (nSPS) is 8.43. The Bertz CT molecular complexity index is 426. The first-order valence-electron chi connectivity index (χ1n) is 3.84. The number of hydrogen-bond donors (Lipinski definition) is 1. The smallest absolute Gasteiger partial charge is 0.238 e. The number of hydrogen-bond acceptors (Lipinski definition) is 3. The molecule has 1 rings (SSSR count). The lowest BCUT2D eigenvalue weighted by Crippen LogP contribution is -2.10. The van der Waals surface area contributed by atoms with Gasteiger partial charge in [-0.05, 0) is 6.07 Å². The maximum Gasteiger partial charge on any atom is 0.238 e. The molecule has 0 atom stereocenters. The molecule has 14 heavy (non-hydrogen) atoms. The molecule has 0 aromatic carbocycles. The quantitative estimate of drug-likeness (QED) is 0.696. The van der Waals surface area contributed by atoms with E-state index in [1.165, 1.54) is 12.4 Å². The fourth-order valence-electron chi connectivity index (χ4n) is 0.864. The van der Waals surface area contributed by atoms with Crippen molar-refractivity contribution in [3.05, 3.63) is 24.0 Å². The first-order valence-corrected chi connectivity index (χ1v) is 3.84. The Morgan fingerprint density at radius 1 is 1.64 bits per heavy atom. The number of anilines is 1. The monoisotopic (exact) mass is 185 g/mol. The largest absolute Gasteiger partial charge is 0.324 e. The number of nitrogens with zero attached hydrogens (tertiary/aromatic N) is 2. The second kappa shape index (κ2) is 4.64. The number of rotatable bonds is 2. The fraction of sp³-hybridized carbons (Fsp3) is 0.100. The van der Waals surface area contributed by atoms with Gasteiger partial charge in [0, 0.05) is 11.8 Å². The van der Waals surface area contributed by atoms with E-state index >= 15 is 0 Å². The minimum Gasteiger partial charge on any atom is -0.324 e. The zero-order valence-corrected chi connectivity index (χ0v) is 7.32. The second-order valence-corrected chi connectivity index (χ2v) is 2.49. The predicted octanol–water partition coefficient (Wildman–Crippen LogP) is 0.915. The zero-order valence-electron chi connectivity index (χ0n) is 7.32. The molecule has 1 aromatic rings. The summed E-state index contributed by atoms with van der Waals surface area (Å²) in [6, 6.07) is 3.36. The van der Waals surface area contributed by atoms with E-state index in [1.54, 1.807) is 12.1 Å². The van der Waals surface area contributed by atoms with Gasteiger partial charge in [-0.1, -0.05) is 5.92 Å². The molecule has 68 valence electrons. The third-order valence-electron chi connectivity index (χ3n) is 1.43. The average Bonchev–Trinajstić information content (AvgIpc) is 2.18. The van der Waals surface area contributed by atoms with E-state index in [2.05, 4.69) is 16.2 Å². The molecule has 1 aromatic heterocycles. The van der Waals surface area contributed by atoms with Crippen LogP contribution in [0.15, 0.2) is 18.5 Å². The number of pyridine rings is 1. The highest BCUT2D eigenvalue weighted by Gasteiger charge is 2.01. The van der Waals surface area contributed by atoms with Crippen molar-refractivity contribution in [3.8, 4) is 18.4 Å². The molecule has 0 saturated heterocycles. The number of terminal acetylenes is 1. The Morgan fingerprint density at radius 2 is 2.43 bits per heavy atom. The van der Waals surface area contributed by atoms with Crippen LogP contribution in [0.3, 0.4) is 0 Å². The van der Waals surface area contributed by atoms with Crippen molar-refractivity contribution in [2.75, 3.05) is 5.32 Å². The number of amides is 1. The van der Waals surface area contributed by atoms with Gasteiger partial charge in [0.05, 0.1) is 18.0 Å². The van der Waals surface area contributed by atoms with E-state index in [9.17, 15) is 4.79 Å². The summed E-state index contributed by atoms with van der Waals surface area (Å²) in [5.74, 6) is 2.02. The fourth-order valence-corrected chi connectivity index (χ4v) is 0.864. The second-order valence-electron chi connectivity index (χ2n) is 2.49. The average molecular weight is 185 g/mol. The zero-order chi connectivity index (χ0) is 10.4. The van der Waals surface area contributed by atoms with Gasteiger partial charge in [0.1, 0.15) is 6.42 Å². The lowest BCUT2D eigenvalue weighted by atomic mass is 10.2. The molecule has 4 nitrogen and oxygen atoms in total. The molecule has 0 aliphatic carbocycles. The first-order chi connectivity index (χ1) is 6.76. The number of aromatic nitrogens is 1. The van der Waals surface area contributed by atoms with E-state index in [1.807, 2.05) is 0 Å². The molecule has 0 unspecified atom stereocenters. The Morgan fingerprint density at radius 3 is 3.07 bits per heavy atom. The summed E-state index contributed by atoms with van der Waals surface area (Å²) >= 11 is 0. The van der Waals surface area contributed by atoms with Crippen molar-refractivity contribution in [3.63, 3.8) is 0 Å². The van der Waals surface area contributed by atoms with Crippen LogP contribution >= 0.6 is 0 Å². The highest BCUT2D eigenvalue weighted by atomic mass is 16.1. The van der Waals surface area contributed by atoms with E-state index in [-0.39, 0.29) is 12.3 Å². The molecule has 1 heterocycles. The molecule has 0 spiro atoms. The molecule has 4 heteroatoms. The van der Waals surface area contributed by atoms with E-state index in [0.717, 1.165) is 0 Å². The molecule has 0 radical (unpaired) electrons. The van der Waals surface area contributed by atoms with Crippen molar-refractivity contribution in [1.82, 2.24) is 4.98 Å². The molecule has 0 fully saturated rings. The van der Waals surface area contributed by atoms with Crippen LogP contribution in [-0.4, -0.2) is 10.9 Å². The highest BCUT2D eigenvalue weighted by Crippen LogP contribution is 2.07. The van der Waals surface area contributed by atoms with Crippen molar-refractivity contribution in [1.29, 1.82) is 5.26 Å². The standard InChI is InChI=1S/C10H7N3O/c1-2-8-5-9(7-12-6-8)13-10(14)3-4-11/h1,5-7H,3H2,(H,13,14). The SMILES string of the molecule is C#Cc1cncc(NC(=O)CC#N)c1. The minimum atomic E-state index is -0.372. The summed E-state index contributed by atoms with van der Waals surface area (Å²) in [5.41, 5.74) is 1.08. The number of carbonyl (C=O) groups excluding carboxylic acids is 1. The van der Waals surface area contributed by atoms with Gasteiger partial charge in [-0.2, -0.15) is 5.26 Å². The van der Waals surface area contributed by atoms with E-state index in [0.29, 0.717) is 11.3 Å². The lowest BCUT2D eigenvalue weighted by Gasteiger charge is -2.01. The van der Waals surface area contributed by atoms with E-state index < -0.39 is 0 Å². The first kappa shape index (κ1) is 9.76. The van der Waals surface area contributed by atoms with Crippen LogP contribution in [0.5, 0.6) is 0 Å². The summed E-state index contributed by atoms with van der Waals surface area (Å²) in [5, 5.41) is 10.8. The molecular weight excluding hydrogens is 178 g/mol. The summed E-state index contributed by atoms with van der Waals surface area (Å²) in [7, 11) is 0. The van der Waals surface area contributed by atoms with Crippen LogP contribution in [0.1, 0.15) is 12.0 Å². The number of carbonyl (C=O) groups is 1. The lowest BCUT2D eigenvalue weighted by molar-refractivity contribution is -0.115. The Hall–Kier alpha value is -2.33. The van der Waals surface area contributed by atoms with Crippen molar-refractivity contribution < 1.29 is 4.79 Å². The van der Waals surface area contributed by atoms with Crippen LogP contribution in [0.25, 0.3) is 0 Å². The molecule has 1 amide bonds. The van der Waals surface area contributed by atoms with Gasteiger partial charge < -0.3 is 5.32 Å². The Balaban J connectivity index is 2.74. The van der Waals surface area contributed by atoms with Gasteiger partial charge in [-0.25, -0.2) is 0 Å². The van der Waals surface area contributed by atoms with Gasteiger partial charge >= 0.3 is 0 Å². The van der Waals surface area contributed by atoms with Crippen LogP contribution in [0, 0.1) is 23.7 Å². The number of nitriles is 1. The predicted molar refractivity (Wildman–Crippen MR) is 51.0 cm³/mol. The van der Waals surface area contributed by atoms with Crippen LogP contribution in [-0.2, 0) is 4.79 Å². The molecule has 0 aliphatic heterocycles. The van der Waals surface area contributed by atoms with Crippen molar-refractivity contribution >= 4 is 11.6 Å². The molecule has 0 bridgehead atoms. The third kappa shape index (κ3) is 2.62. The molecule has 1 N–H and O–H groups in total. The molecule has 0 aliphatic rings. The minimum absolute atomic E-state index is 0.180. The van der Waals surface area contributed by atoms with Crippen molar-refractivity contribution in [2.24, 2.45) is 0 Å². The maximum absolute atomic E-state index is 11.0. The summed E-state index contributed by atoms with van der Waals surface area (Å²) < 4.78 is 0. The van der Waals surface area contributed by atoms with Gasteiger partial charge in [0.2, 0.25) is 5.91 Å². The summed E-state index contributed by atoms with van der Waals surface area (Å²) in [6.07, 6.45) is 7.96. The highest BCUT2D eigenvalue weighted by molar-refractivity contribution is 5.91. The summed E-state index contributed by atoms with van der Waals surface area (Å²) in [4.78, 5) is 14.8. The summed E-state index contributed by atoms with van der Waals surface area (Å²) in [6.45, 7) is 0. The Labute approximate surface area is 81.6 Å².